The third kappa shape index (κ3) is 5.52. The Morgan fingerprint density at radius 2 is 2.17 bits per heavy atom. The SMILES string of the molecule is CCCOc1c(Cl)cc(/C=C/C(=O)NCc2cn3cc(Br)ccc3n2)cc1OC. The van der Waals surface area contributed by atoms with Crippen molar-refractivity contribution in [2.45, 2.75) is 19.9 Å². The number of pyridine rings is 1. The van der Waals surface area contributed by atoms with Crippen molar-refractivity contribution in [1.29, 1.82) is 0 Å². The molecule has 2 aromatic heterocycles. The number of benzene rings is 1. The van der Waals surface area contributed by atoms with Crippen LogP contribution in [0.5, 0.6) is 11.5 Å². The van der Waals surface area contributed by atoms with Crippen LogP contribution in [-0.4, -0.2) is 29.0 Å². The number of ether oxygens (including phenoxy) is 2. The van der Waals surface area contributed by atoms with Gasteiger partial charge in [0.1, 0.15) is 5.65 Å². The number of amides is 1. The Bertz CT molecular complexity index is 1050. The van der Waals surface area contributed by atoms with Gasteiger partial charge in [0.25, 0.3) is 0 Å². The summed E-state index contributed by atoms with van der Waals surface area (Å²) in [5.41, 5.74) is 2.33. The molecule has 0 fully saturated rings. The second-order valence-corrected chi connectivity index (χ2v) is 7.60. The van der Waals surface area contributed by atoms with Crippen molar-refractivity contribution < 1.29 is 14.3 Å². The van der Waals surface area contributed by atoms with Crippen LogP contribution in [0.4, 0.5) is 0 Å². The van der Waals surface area contributed by atoms with Gasteiger partial charge in [-0.15, -0.1) is 0 Å². The predicted molar refractivity (Wildman–Crippen MR) is 118 cm³/mol. The summed E-state index contributed by atoms with van der Waals surface area (Å²) >= 11 is 9.73. The number of nitrogens with one attached hydrogen (secondary N) is 1. The maximum absolute atomic E-state index is 12.2. The second kappa shape index (κ2) is 9.80. The Labute approximate surface area is 182 Å². The third-order valence-electron chi connectivity index (χ3n) is 4.04. The molecule has 0 spiro atoms. The van der Waals surface area contributed by atoms with Crippen LogP contribution < -0.4 is 14.8 Å². The van der Waals surface area contributed by atoms with Gasteiger partial charge in [-0.1, -0.05) is 18.5 Å². The lowest BCUT2D eigenvalue weighted by molar-refractivity contribution is -0.116. The van der Waals surface area contributed by atoms with Gasteiger partial charge in [-0.05, 0) is 58.3 Å². The van der Waals surface area contributed by atoms with Crippen LogP contribution in [0.1, 0.15) is 24.6 Å². The predicted octanol–water partition coefficient (Wildman–Crippen LogP) is 4.88. The number of imidazole rings is 1. The molecule has 0 aliphatic heterocycles. The number of hydrogen-bond donors (Lipinski definition) is 1. The summed E-state index contributed by atoms with van der Waals surface area (Å²) in [6.45, 7) is 2.89. The van der Waals surface area contributed by atoms with Crippen molar-refractivity contribution in [2.75, 3.05) is 13.7 Å². The molecule has 3 aromatic rings. The van der Waals surface area contributed by atoms with E-state index in [0.717, 1.165) is 27.8 Å². The number of methoxy groups -OCH3 is 1. The molecule has 0 aliphatic rings. The Balaban J connectivity index is 1.64. The van der Waals surface area contributed by atoms with Crippen LogP contribution in [0.25, 0.3) is 11.7 Å². The fourth-order valence-corrected chi connectivity index (χ4v) is 3.32. The molecule has 152 valence electrons. The van der Waals surface area contributed by atoms with Gasteiger partial charge in [-0.2, -0.15) is 0 Å². The number of aromatic nitrogens is 2. The molecule has 0 bridgehead atoms. The van der Waals surface area contributed by atoms with Gasteiger partial charge in [0, 0.05) is 22.9 Å². The highest BCUT2D eigenvalue weighted by molar-refractivity contribution is 9.10. The zero-order chi connectivity index (χ0) is 20.8. The summed E-state index contributed by atoms with van der Waals surface area (Å²) in [5.74, 6) is 0.808. The van der Waals surface area contributed by atoms with E-state index >= 15 is 0 Å². The van der Waals surface area contributed by atoms with Crippen LogP contribution in [0.15, 0.2) is 47.2 Å². The first-order chi connectivity index (χ1) is 14.0. The lowest BCUT2D eigenvalue weighted by atomic mass is 10.2. The van der Waals surface area contributed by atoms with Crippen LogP contribution in [0.2, 0.25) is 5.02 Å². The van der Waals surface area contributed by atoms with Crippen LogP contribution in [0, 0.1) is 0 Å². The van der Waals surface area contributed by atoms with Crippen molar-refractivity contribution in [3.8, 4) is 11.5 Å². The number of rotatable bonds is 8. The van der Waals surface area contributed by atoms with Gasteiger partial charge in [-0.25, -0.2) is 4.98 Å². The molecule has 0 saturated carbocycles. The summed E-state index contributed by atoms with van der Waals surface area (Å²) in [5, 5.41) is 3.26. The number of nitrogens with zero attached hydrogens (tertiary/aromatic N) is 2. The van der Waals surface area contributed by atoms with Crippen molar-refractivity contribution in [3.05, 3.63) is 63.5 Å². The van der Waals surface area contributed by atoms with Crippen molar-refractivity contribution in [1.82, 2.24) is 14.7 Å². The maximum Gasteiger partial charge on any atom is 0.244 e. The van der Waals surface area contributed by atoms with Crippen LogP contribution in [0.3, 0.4) is 0 Å². The molecule has 2 heterocycles. The third-order valence-corrected chi connectivity index (χ3v) is 4.79. The van der Waals surface area contributed by atoms with E-state index in [0.29, 0.717) is 29.7 Å². The summed E-state index contributed by atoms with van der Waals surface area (Å²) in [6.07, 6.45) is 7.78. The number of halogens is 2. The van der Waals surface area contributed by atoms with E-state index < -0.39 is 0 Å². The zero-order valence-corrected chi connectivity index (χ0v) is 18.5. The molecule has 0 aliphatic carbocycles. The molecule has 3 rings (SSSR count). The highest BCUT2D eigenvalue weighted by atomic mass is 79.9. The lowest BCUT2D eigenvalue weighted by Gasteiger charge is -2.12. The number of carbonyl (C=O) groups is 1. The average molecular weight is 479 g/mol. The molecule has 0 atom stereocenters. The van der Waals surface area contributed by atoms with Crippen LogP contribution >= 0.6 is 27.5 Å². The summed E-state index contributed by atoms with van der Waals surface area (Å²) in [6, 6.07) is 7.34. The molecule has 29 heavy (non-hydrogen) atoms. The molecule has 8 heteroatoms. The van der Waals surface area contributed by atoms with E-state index in [4.69, 9.17) is 21.1 Å². The molecule has 6 nitrogen and oxygen atoms in total. The molecule has 0 unspecified atom stereocenters. The van der Waals surface area contributed by atoms with E-state index in [1.54, 1.807) is 25.3 Å². The highest BCUT2D eigenvalue weighted by Gasteiger charge is 2.11. The van der Waals surface area contributed by atoms with E-state index in [1.165, 1.54) is 6.08 Å². The van der Waals surface area contributed by atoms with E-state index in [9.17, 15) is 4.79 Å². The van der Waals surface area contributed by atoms with Crippen molar-refractivity contribution >= 4 is 45.2 Å². The quantitative estimate of drug-likeness (QED) is 0.469. The Hall–Kier alpha value is -2.51. The zero-order valence-electron chi connectivity index (χ0n) is 16.1. The van der Waals surface area contributed by atoms with E-state index in [2.05, 4.69) is 26.2 Å². The minimum Gasteiger partial charge on any atom is -0.493 e. The average Bonchev–Trinajstić information content (AvgIpc) is 3.11. The maximum atomic E-state index is 12.2. The number of hydrogen-bond acceptors (Lipinski definition) is 4. The highest BCUT2D eigenvalue weighted by Crippen LogP contribution is 2.36. The summed E-state index contributed by atoms with van der Waals surface area (Å²) < 4.78 is 13.9. The molecular weight excluding hydrogens is 458 g/mol. The number of fused-ring (bicyclic) bond motifs is 1. The lowest BCUT2D eigenvalue weighted by Crippen LogP contribution is -2.20. The van der Waals surface area contributed by atoms with Crippen molar-refractivity contribution in [2.24, 2.45) is 0 Å². The number of carbonyl (C=O) groups excluding carboxylic acids is 1. The Morgan fingerprint density at radius 1 is 1.34 bits per heavy atom. The van der Waals surface area contributed by atoms with Gasteiger partial charge in [-0.3, -0.25) is 4.79 Å². The van der Waals surface area contributed by atoms with E-state index in [1.807, 2.05) is 35.9 Å². The molecule has 0 saturated heterocycles. The first-order valence-electron chi connectivity index (χ1n) is 9.09. The largest absolute Gasteiger partial charge is 0.493 e. The minimum absolute atomic E-state index is 0.232. The second-order valence-electron chi connectivity index (χ2n) is 6.28. The summed E-state index contributed by atoms with van der Waals surface area (Å²) in [4.78, 5) is 16.6. The molecule has 1 N–H and O–H groups in total. The molecule has 1 aromatic carbocycles. The van der Waals surface area contributed by atoms with Gasteiger partial charge >= 0.3 is 0 Å². The molecular formula is C21H21BrClN3O3. The first-order valence-corrected chi connectivity index (χ1v) is 10.3. The van der Waals surface area contributed by atoms with Gasteiger partial charge in [0.15, 0.2) is 11.5 Å². The normalized spacial score (nSPS) is 11.2. The van der Waals surface area contributed by atoms with Gasteiger partial charge < -0.3 is 19.2 Å². The molecule has 1 amide bonds. The molecule has 0 radical (unpaired) electrons. The first kappa shape index (κ1) is 21.2. The van der Waals surface area contributed by atoms with Gasteiger partial charge in [0.2, 0.25) is 5.91 Å². The summed E-state index contributed by atoms with van der Waals surface area (Å²) in [7, 11) is 1.55. The monoisotopic (exact) mass is 477 g/mol. The van der Waals surface area contributed by atoms with E-state index in [-0.39, 0.29) is 5.91 Å². The fourth-order valence-electron chi connectivity index (χ4n) is 2.69. The van der Waals surface area contributed by atoms with Gasteiger partial charge in [0.05, 0.1) is 31.0 Å². The smallest absolute Gasteiger partial charge is 0.244 e. The van der Waals surface area contributed by atoms with Crippen LogP contribution in [-0.2, 0) is 11.3 Å². The minimum atomic E-state index is -0.232. The Morgan fingerprint density at radius 3 is 2.93 bits per heavy atom. The topological polar surface area (TPSA) is 64.9 Å². The standard InChI is InChI=1S/C21H21BrClN3O3/c1-3-8-29-21-17(23)9-14(10-18(21)28-2)4-7-20(27)24-11-16-13-26-12-15(22)5-6-19(26)25-16/h4-7,9-10,12-13H,3,8,11H2,1-2H3,(H,24,27)/b7-4+. The fraction of sp³-hybridized carbons (Fsp3) is 0.238. The Kier molecular flexibility index (Phi) is 7.17. The van der Waals surface area contributed by atoms with Crippen molar-refractivity contribution in [3.63, 3.8) is 0 Å².